The van der Waals surface area contributed by atoms with Crippen LogP contribution < -0.4 is 5.32 Å². The Morgan fingerprint density at radius 3 is 2.92 bits per heavy atom. The smallest absolute Gasteiger partial charge is 0.207 e. The van der Waals surface area contributed by atoms with Crippen LogP contribution in [-0.4, -0.2) is 15.3 Å². The first kappa shape index (κ1) is 16.8. The molecule has 0 saturated heterocycles. The molecule has 0 unspecified atom stereocenters. The quantitative estimate of drug-likeness (QED) is 0.380. The number of ketones is 1. The summed E-state index contributed by atoms with van der Waals surface area (Å²) in [5, 5.41) is 3.41. The molecule has 4 nitrogen and oxygen atoms in total. The van der Waals surface area contributed by atoms with Gasteiger partial charge in [0.1, 0.15) is 5.82 Å². The number of rotatable bonds is 2. The molecule has 25 heavy (non-hydrogen) atoms. The van der Waals surface area contributed by atoms with Gasteiger partial charge in [0.15, 0.2) is 5.78 Å². The Morgan fingerprint density at radius 2 is 2.12 bits per heavy atom. The predicted octanol–water partition coefficient (Wildman–Crippen LogP) is 5.54. The van der Waals surface area contributed by atoms with E-state index in [2.05, 4.69) is 42.2 Å². The molecule has 3 aromatic rings. The summed E-state index contributed by atoms with van der Waals surface area (Å²) in [5.74, 6) is -0.197. The highest BCUT2D eigenvalue weighted by molar-refractivity contribution is 9.11. The fourth-order valence-electron chi connectivity index (χ4n) is 2.80. The van der Waals surface area contributed by atoms with E-state index in [1.807, 2.05) is 16.8 Å². The Labute approximate surface area is 164 Å². The number of carbonyl (C=O) groups is 1. The van der Waals surface area contributed by atoms with Gasteiger partial charge in [-0.1, -0.05) is 11.6 Å². The highest BCUT2D eigenvalue weighted by atomic mass is 79.9. The SMILES string of the molecule is O=C(c1cc(F)ccc1Cl)c1c(Br)cc2c(c1Br)Nc1nccn1C2. The van der Waals surface area contributed by atoms with Gasteiger partial charge >= 0.3 is 0 Å². The largest absolute Gasteiger partial charge is 0.324 e. The second-order valence-electron chi connectivity index (χ2n) is 5.54. The second kappa shape index (κ2) is 6.23. The second-order valence-corrected chi connectivity index (χ2v) is 7.59. The summed E-state index contributed by atoms with van der Waals surface area (Å²) in [5.41, 5.74) is 2.24. The number of halogens is 4. The number of anilines is 2. The molecule has 0 amide bonds. The van der Waals surface area contributed by atoms with Crippen LogP contribution in [-0.2, 0) is 6.54 Å². The maximum Gasteiger partial charge on any atom is 0.207 e. The van der Waals surface area contributed by atoms with Crippen molar-refractivity contribution in [3.05, 3.63) is 73.1 Å². The summed E-state index contributed by atoms with van der Waals surface area (Å²) < 4.78 is 16.7. The van der Waals surface area contributed by atoms with Crippen molar-refractivity contribution in [1.29, 1.82) is 0 Å². The zero-order valence-electron chi connectivity index (χ0n) is 12.5. The van der Waals surface area contributed by atoms with Crippen molar-refractivity contribution in [2.24, 2.45) is 0 Å². The van der Waals surface area contributed by atoms with Crippen LogP contribution in [0.15, 0.2) is 45.6 Å². The molecule has 0 radical (unpaired) electrons. The normalized spacial score (nSPS) is 12.3. The molecule has 2 aromatic carbocycles. The van der Waals surface area contributed by atoms with Crippen molar-refractivity contribution in [2.45, 2.75) is 6.54 Å². The Kier molecular flexibility index (Phi) is 4.17. The lowest BCUT2D eigenvalue weighted by atomic mass is 9.99. The minimum atomic E-state index is -0.516. The lowest BCUT2D eigenvalue weighted by Crippen LogP contribution is -2.15. The van der Waals surface area contributed by atoms with Gasteiger partial charge in [0.25, 0.3) is 0 Å². The first-order valence-electron chi connectivity index (χ1n) is 7.24. The molecule has 1 N–H and O–H groups in total. The summed E-state index contributed by atoms with van der Waals surface area (Å²) in [4.78, 5) is 17.2. The van der Waals surface area contributed by atoms with Crippen molar-refractivity contribution in [3.63, 3.8) is 0 Å². The summed E-state index contributed by atoms with van der Waals surface area (Å²) in [6.07, 6.45) is 3.58. The summed E-state index contributed by atoms with van der Waals surface area (Å²) in [6, 6.07) is 5.61. The molecular formula is C17H9Br2ClFN3O. The number of fused-ring (bicyclic) bond motifs is 2. The van der Waals surface area contributed by atoms with Gasteiger partial charge in [-0.15, -0.1) is 0 Å². The number of hydrogen-bond donors (Lipinski definition) is 1. The van der Waals surface area contributed by atoms with Crippen LogP contribution in [0.5, 0.6) is 0 Å². The molecule has 126 valence electrons. The van der Waals surface area contributed by atoms with E-state index in [-0.39, 0.29) is 16.4 Å². The number of nitrogens with zero attached hydrogens (tertiary/aromatic N) is 2. The van der Waals surface area contributed by atoms with E-state index in [1.165, 1.54) is 12.1 Å². The van der Waals surface area contributed by atoms with Crippen LogP contribution in [0.1, 0.15) is 21.5 Å². The lowest BCUT2D eigenvalue weighted by molar-refractivity contribution is 0.103. The van der Waals surface area contributed by atoms with Gasteiger partial charge in [0.05, 0.1) is 27.3 Å². The molecule has 0 saturated carbocycles. The van der Waals surface area contributed by atoms with Crippen molar-refractivity contribution < 1.29 is 9.18 Å². The molecule has 1 aliphatic rings. The van der Waals surface area contributed by atoms with E-state index < -0.39 is 5.82 Å². The maximum atomic E-state index is 13.6. The van der Waals surface area contributed by atoms with Gasteiger partial charge < -0.3 is 9.88 Å². The molecule has 1 aliphatic heterocycles. The molecule has 4 rings (SSSR count). The first-order valence-corrected chi connectivity index (χ1v) is 9.21. The molecule has 1 aromatic heterocycles. The fourth-order valence-corrected chi connectivity index (χ4v) is 4.67. The maximum absolute atomic E-state index is 13.6. The van der Waals surface area contributed by atoms with Crippen LogP contribution in [0, 0.1) is 5.82 Å². The number of nitrogens with one attached hydrogen (secondary N) is 1. The van der Waals surface area contributed by atoms with Crippen molar-refractivity contribution in [3.8, 4) is 0 Å². The van der Waals surface area contributed by atoms with Crippen molar-refractivity contribution >= 4 is 60.9 Å². The van der Waals surface area contributed by atoms with E-state index >= 15 is 0 Å². The summed E-state index contributed by atoms with van der Waals surface area (Å²) in [7, 11) is 0. The van der Waals surface area contributed by atoms with E-state index in [1.54, 1.807) is 6.20 Å². The minimum absolute atomic E-state index is 0.111. The third-order valence-electron chi connectivity index (χ3n) is 3.99. The topological polar surface area (TPSA) is 46.9 Å². The molecule has 0 aliphatic carbocycles. The Morgan fingerprint density at radius 1 is 1.32 bits per heavy atom. The molecule has 0 spiro atoms. The van der Waals surface area contributed by atoms with Gasteiger partial charge in [-0.2, -0.15) is 0 Å². The van der Waals surface area contributed by atoms with Gasteiger partial charge in [0.2, 0.25) is 5.95 Å². The highest BCUT2D eigenvalue weighted by Gasteiger charge is 2.26. The number of benzene rings is 2. The van der Waals surface area contributed by atoms with Gasteiger partial charge in [0, 0.05) is 22.4 Å². The van der Waals surface area contributed by atoms with Crippen LogP contribution >= 0.6 is 43.5 Å². The van der Waals surface area contributed by atoms with Crippen LogP contribution in [0.3, 0.4) is 0 Å². The molecule has 8 heteroatoms. The standard InChI is InChI=1S/C17H9Br2ClFN3O/c18-11-5-8-7-24-4-3-22-17(24)23-15(8)14(19)13(11)16(25)10-6-9(21)1-2-12(10)20/h1-6H,7H2,(H,22,23). The number of carbonyl (C=O) groups excluding carboxylic acids is 1. The van der Waals surface area contributed by atoms with E-state index in [0.717, 1.165) is 17.3 Å². The van der Waals surface area contributed by atoms with E-state index in [4.69, 9.17) is 11.6 Å². The van der Waals surface area contributed by atoms with E-state index in [0.29, 0.717) is 27.0 Å². The van der Waals surface area contributed by atoms with E-state index in [9.17, 15) is 9.18 Å². The van der Waals surface area contributed by atoms with Gasteiger partial charge in [-0.25, -0.2) is 9.37 Å². The summed E-state index contributed by atoms with van der Waals surface area (Å²) in [6.45, 7) is 0.629. The Bertz CT molecular complexity index is 1030. The van der Waals surface area contributed by atoms with Gasteiger partial charge in [-0.3, -0.25) is 4.79 Å². The zero-order chi connectivity index (χ0) is 17.7. The van der Waals surface area contributed by atoms with Crippen LogP contribution in [0.25, 0.3) is 0 Å². The average molecular weight is 486 g/mol. The molecule has 0 atom stereocenters. The number of aromatic nitrogens is 2. The van der Waals surface area contributed by atoms with Crippen LogP contribution in [0.4, 0.5) is 16.0 Å². The van der Waals surface area contributed by atoms with Crippen molar-refractivity contribution in [1.82, 2.24) is 9.55 Å². The lowest BCUT2D eigenvalue weighted by Gasteiger charge is -2.23. The third kappa shape index (κ3) is 2.80. The number of hydrogen-bond acceptors (Lipinski definition) is 3. The summed E-state index contributed by atoms with van der Waals surface area (Å²) >= 11 is 13.1. The number of imidazole rings is 1. The third-order valence-corrected chi connectivity index (χ3v) is 5.74. The molecule has 2 heterocycles. The zero-order valence-corrected chi connectivity index (χ0v) is 16.4. The van der Waals surface area contributed by atoms with Crippen molar-refractivity contribution in [2.75, 3.05) is 5.32 Å². The van der Waals surface area contributed by atoms with Gasteiger partial charge in [-0.05, 0) is 61.7 Å². The van der Waals surface area contributed by atoms with Crippen LogP contribution in [0.2, 0.25) is 5.02 Å². The highest BCUT2D eigenvalue weighted by Crippen LogP contribution is 2.41. The molecular weight excluding hydrogens is 476 g/mol. The Balaban J connectivity index is 1.85. The molecule has 0 bridgehead atoms. The monoisotopic (exact) mass is 483 g/mol. The average Bonchev–Trinajstić information content (AvgIpc) is 3.02. The minimum Gasteiger partial charge on any atom is -0.324 e. The predicted molar refractivity (Wildman–Crippen MR) is 101 cm³/mol. The first-order chi connectivity index (χ1) is 12.0. The fraction of sp³-hybridized carbons (Fsp3) is 0.0588. The molecule has 0 fully saturated rings. The Hall–Kier alpha value is -1.70.